The third-order valence-electron chi connectivity index (χ3n) is 5.55. The van der Waals surface area contributed by atoms with Gasteiger partial charge in [-0.1, -0.05) is 24.3 Å². The van der Waals surface area contributed by atoms with Gasteiger partial charge in [0.1, 0.15) is 5.37 Å². The van der Waals surface area contributed by atoms with E-state index in [4.69, 9.17) is 9.31 Å². The zero-order chi connectivity index (χ0) is 19.2. The van der Waals surface area contributed by atoms with Crippen molar-refractivity contribution in [3.05, 3.63) is 29.8 Å². The van der Waals surface area contributed by atoms with Gasteiger partial charge in [0.2, 0.25) is 0 Å². The van der Waals surface area contributed by atoms with Crippen LogP contribution >= 0.6 is 11.8 Å². The Morgan fingerprint density at radius 1 is 1.23 bits per heavy atom. The Balaban J connectivity index is 1.78. The van der Waals surface area contributed by atoms with Crippen molar-refractivity contribution in [2.24, 2.45) is 0 Å². The van der Waals surface area contributed by atoms with E-state index in [1.54, 1.807) is 11.8 Å². The van der Waals surface area contributed by atoms with E-state index in [2.05, 4.69) is 11.0 Å². The molecule has 0 saturated carbocycles. The van der Waals surface area contributed by atoms with Crippen LogP contribution in [0.15, 0.2) is 24.3 Å². The normalized spacial score (nSPS) is 26.2. The first-order chi connectivity index (χ1) is 12.0. The number of hydrogen-bond acceptors (Lipinski definition) is 6. The summed E-state index contributed by atoms with van der Waals surface area (Å²) in [7, 11) is -3.50. The second kappa shape index (κ2) is 7.13. The largest absolute Gasteiger partial charge is 0.494 e. The summed E-state index contributed by atoms with van der Waals surface area (Å²) in [6, 6.07) is 8.11. The van der Waals surface area contributed by atoms with Crippen LogP contribution in [0.1, 0.15) is 33.3 Å². The molecule has 0 N–H and O–H groups in total. The third-order valence-corrected chi connectivity index (χ3v) is 8.23. The van der Waals surface area contributed by atoms with Gasteiger partial charge >= 0.3 is 7.12 Å². The minimum Gasteiger partial charge on any atom is -0.399 e. The molecule has 1 aromatic rings. The topological polar surface area (TPSA) is 55.8 Å². The molecule has 3 rings (SSSR count). The maximum Gasteiger partial charge on any atom is 0.494 e. The van der Waals surface area contributed by atoms with Crippen LogP contribution in [0.4, 0.5) is 0 Å². The predicted octanol–water partition coefficient (Wildman–Crippen LogP) is 1.91. The minimum atomic E-state index is -3.10. The molecule has 5 nitrogen and oxygen atoms in total. The summed E-state index contributed by atoms with van der Waals surface area (Å²) < 4.78 is 36.5. The molecule has 0 radical (unpaired) electrons. The van der Waals surface area contributed by atoms with E-state index in [-0.39, 0.29) is 11.2 Å². The molecule has 2 heterocycles. The zero-order valence-electron chi connectivity index (χ0n) is 16.2. The van der Waals surface area contributed by atoms with Gasteiger partial charge in [-0.05, 0) is 38.7 Å². The average Bonchev–Trinajstić information content (AvgIpc) is 2.75. The maximum absolute atomic E-state index is 12.1. The second-order valence-electron chi connectivity index (χ2n) is 8.16. The lowest BCUT2D eigenvalue weighted by atomic mass is 9.78. The fraction of sp³-hybridized carbons (Fsp3) is 0.667. The molecule has 0 spiro atoms. The van der Waals surface area contributed by atoms with Gasteiger partial charge in [0.25, 0.3) is 0 Å². The molecular weight excluding hydrogens is 369 g/mol. The van der Waals surface area contributed by atoms with Gasteiger partial charge in [-0.3, -0.25) is 4.90 Å². The highest BCUT2D eigenvalue weighted by atomic mass is 32.2. The van der Waals surface area contributed by atoms with Gasteiger partial charge in [0.05, 0.1) is 11.2 Å². The first-order valence-electron chi connectivity index (χ1n) is 8.95. The number of thioether (sulfide) groups is 1. The molecule has 0 aromatic heterocycles. The maximum atomic E-state index is 12.1. The highest BCUT2D eigenvalue weighted by molar-refractivity contribution is 8.00. The average molecular weight is 397 g/mol. The highest BCUT2D eigenvalue weighted by Crippen LogP contribution is 2.36. The third kappa shape index (κ3) is 4.14. The van der Waals surface area contributed by atoms with Gasteiger partial charge < -0.3 is 9.31 Å². The van der Waals surface area contributed by atoms with E-state index in [1.165, 1.54) is 6.26 Å². The molecule has 2 aliphatic rings. The summed E-state index contributed by atoms with van der Waals surface area (Å²) in [5.74, 6) is 1.60. The Bertz CT molecular complexity index is 750. The van der Waals surface area contributed by atoms with Crippen molar-refractivity contribution in [2.75, 3.05) is 24.3 Å². The molecule has 0 bridgehead atoms. The summed E-state index contributed by atoms with van der Waals surface area (Å²) in [6.45, 7) is 9.56. The van der Waals surface area contributed by atoms with Gasteiger partial charge in [-0.15, -0.1) is 0 Å². The van der Waals surface area contributed by atoms with Crippen molar-refractivity contribution in [2.45, 2.75) is 50.8 Å². The number of sulfone groups is 1. The van der Waals surface area contributed by atoms with Crippen molar-refractivity contribution in [3.63, 3.8) is 0 Å². The Kier molecular flexibility index (Phi) is 5.54. The van der Waals surface area contributed by atoms with Crippen LogP contribution in [0.5, 0.6) is 0 Å². The molecule has 8 heteroatoms. The van der Waals surface area contributed by atoms with E-state index < -0.39 is 22.3 Å². The standard InChI is InChI=1S/C18H28BNO4S2/c1-17(2)18(3,4)24-19(23-17)15-8-6-7-14(11-15)12-20-9-10-25-13-16(20)26(5,21)22/h6-8,11,16H,9-10,12-13H2,1-5H3. The molecule has 2 saturated heterocycles. The van der Waals surface area contributed by atoms with Crippen LogP contribution < -0.4 is 5.46 Å². The van der Waals surface area contributed by atoms with E-state index >= 15 is 0 Å². The highest BCUT2D eigenvalue weighted by Gasteiger charge is 2.51. The van der Waals surface area contributed by atoms with Gasteiger partial charge in [0.15, 0.2) is 9.84 Å². The first kappa shape index (κ1) is 20.2. The van der Waals surface area contributed by atoms with Gasteiger partial charge in [-0.2, -0.15) is 11.8 Å². The number of rotatable bonds is 4. The molecule has 1 unspecified atom stereocenters. The van der Waals surface area contributed by atoms with Crippen molar-refractivity contribution in [3.8, 4) is 0 Å². The van der Waals surface area contributed by atoms with Crippen molar-refractivity contribution in [1.29, 1.82) is 0 Å². The Labute approximate surface area is 161 Å². The minimum absolute atomic E-state index is 0.376. The summed E-state index contributed by atoms with van der Waals surface area (Å²) in [5.41, 5.74) is 1.30. The Hall–Kier alpha value is -0.535. The number of hydrogen-bond donors (Lipinski definition) is 0. The molecular formula is C18H28BNO4S2. The van der Waals surface area contributed by atoms with Gasteiger partial charge in [-0.25, -0.2) is 8.42 Å². The first-order valence-corrected chi connectivity index (χ1v) is 12.1. The molecule has 0 aliphatic carbocycles. The lowest BCUT2D eigenvalue weighted by molar-refractivity contribution is 0.00578. The smallest absolute Gasteiger partial charge is 0.399 e. The van der Waals surface area contributed by atoms with Crippen LogP contribution in [0, 0.1) is 0 Å². The number of benzene rings is 1. The second-order valence-corrected chi connectivity index (χ2v) is 11.5. The molecule has 2 aliphatic heterocycles. The summed E-state index contributed by atoms with van der Waals surface area (Å²) in [6.07, 6.45) is 1.33. The van der Waals surface area contributed by atoms with E-state index in [1.807, 2.05) is 45.9 Å². The van der Waals surface area contributed by atoms with Crippen LogP contribution in [0.2, 0.25) is 0 Å². The summed E-state index contributed by atoms with van der Waals surface area (Å²) in [4.78, 5) is 2.06. The zero-order valence-corrected chi connectivity index (χ0v) is 17.8. The quantitative estimate of drug-likeness (QED) is 0.724. The lowest BCUT2D eigenvalue weighted by Crippen LogP contribution is -2.46. The van der Waals surface area contributed by atoms with Crippen molar-refractivity contribution in [1.82, 2.24) is 4.90 Å². The van der Waals surface area contributed by atoms with Crippen LogP contribution in [-0.4, -0.2) is 61.3 Å². The monoisotopic (exact) mass is 397 g/mol. The fourth-order valence-electron chi connectivity index (χ4n) is 3.24. The lowest BCUT2D eigenvalue weighted by Gasteiger charge is -2.34. The molecule has 144 valence electrons. The molecule has 2 fully saturated rings. The Morgan fingerprint density at radius 3 is 2.50 bits per heavy atom. The van der Waals surface area contributed by atoms with Crippen LogP contribution in [-0.2, 0) is 25.7 Å². The molecule has 0 amide bonds. The Morgan fingerprint density at radius 2 is 1.88 bits per heavy atom. The van der Waals surface area contributed by atoms with Crippen LogP contribution in [0.3, 0.4) is 0 Å². The van der Waals surface area contributed by atoms with Crippen molar-refractivity contribution >= 4 is 34.2 Å². The number of nitrogens with zero attached hydrogens (tertiary/aromatic N) is 1. The predicted molar refractivity (Wildman–Crippen MR) is 109 cm³/mol. The molecule has 1 aromatic carbocycles. The fourth-order valence-corrected chi connectivity index (χ4v) is 6.18. The van der Waals surface area contributed by atoms with Gasteiger partial charge in [0, 0.05) is 30.9 Å². The molecule has 1 atom stereocenters. The SMILES string of the molecule is CC1(C)OB(c2cccc(CN3CCSCC3S(C)(=O)=O)c2)OC1(C)C. The molecule has 26 heavy (non-hydrogen) atoms. The van der Waals surface area contributed by atoms with E-state index in [0.717, 1.165) is 23.3 Å². The van der Waals surface area contributed by atoms with Crippen molar-refractivity contribution < 1.29 is 17.7 Å². The van der Waals surface area contributed by atoms with E-state index in [9.17, 15) is 8.42 Å². The summed E-state index contributed by atoms with van der Waals surface area (Å²) in [5, 5.41) is -0.415. The van der Waals surface area contributed by atoms with E-state index in [0.29, 0.717) is 12.3 Å². The summed E-state index contributed by atoms with van der Waals surface area (Å²) >= 11 is 1.71. The van der Waals surface area contributed by atoms with Crippen LogP contribution in [0.25, 0.3) is 0 Å².